The molecule has 0 fully saturated rings. The third kappa shape index (κ3) is 3.34. The molecule has 0 saturated heterocycles. The first kappa shape index (κ1) is 21.4. The summed E-state index contributed by atoms with van der Waals surface area (Å²) in [6.45, 7) is -1.58. The van der Waals surface area contributed by atoms with Gasteiger partial charge in [0.1, 0.15) is 0 Å². The highest BCUT2D eigenvalue weighted by molar-refractivity contribution is 8.25. The first-order valence-electron chi connectivity index (χ1n) is 4.95. The average Bonchev–Trinajstić information content (AvgIpc) is 2.09. The van der Waals surface area contributed by atoms with Crippen LogP contribution in [0.25, 0.3) is 0 Å². The van der Waals surface area contributed by atoms with Crippen LogP contribution in [0.2, 0.25) is 0 Å². The molecule has 0 atom stereocenters. The van der Waals surface area contributed by atoms with Gasteiger partial charge >= 0.3 is 15.8 Å². The second-order valence-electron chi connectivity index (χ2n) is 4.35. The fourth-order valence-corrected chi connectivity index (χ4v) is 9.06. The molecule has 0 amide bonds. The highest BCUT2D eigenvalue weighted by Crippen LogP contribution is 2.41. The number of sulfone groups is 3. The van der Waals surface area contributed by atoms with E-state index in [9.17, 15) is 51.6 Å². The van der Waals surface area contributed by atoms with Crippen molar-refractivity contribution in [1.82, 2.24) is 0 Å². The second-order valence-corrected chi connectivity index (χ2v) is 12.1. The van der Waals surface area contributed by atoms with Crippen LogP contribution in [0.1, 0.15) is 20.8 Å². The van der Waals surface area contributed by atoms with Crippen LogP contribution in [0.5, 0.6) is 0 Å². The van der Waals surface area contributed by atoms with Crippen molar-refractivity contribution in [2.75, 3.05) is 0 Å². The third-order valence-corrected chi connectivity index (χ3v) is 11.3. The molecule has 0 unspecified atom stereocenters. The summed E-state index contributed by atoms with van der Waals surface area (Å²) in [5, 5.41) is -15.6. The Morgan fingerprint density at radius 1 is 0.545 bits per heavy atom. The quantitative estimate of drug-likeness (QED) is 0.624. The molecule has 0 N–H and O–H groups in total. The first-order chi connectivity index (χ1) is 9.12. The van der Waals surface area contributed by atoms with Crippen molar-refractivity contribution in [2.24, 2.45) is 0 Å². The van der Waals surface area contributed by atoms with Gasteiger partial charge in [0.2, 0.25) is 29.5 Å². The van der Waals surface area contributed by atoms with Gasteiger partial charge in [0.05, 0.1) is 0 Å². The van der Waals surface area contributed by atoms with Gasteiger partial charge in [0.25, 0.3) is 3.91 Å². The summed E-state index contributed by atoms with van der Waals surface area (Å²) in [7, 11) is -20.4. The van der Waals surface area contributed by atoms with E-state index in [1.54, 1.807) is 0 Å². The molecule has 22 heavy (non-hydrogen) atoms. The first-order valence-corrected chi connectivity index (χ1v) is 9.59. The minimum absolute atomic E-state index is 0.526. The van der Waals surface area contributed by atoms with E-state index < -0.39 is 70.0 Å². The number of hydrogen-bond donors (Lipinski definition) is 0. The number of hydrogen-bond acceptors (Lipinski definition) is 6. The molecule has 134 valence electrons. The SMILES string of the molecule is CC(F)(F)S(=O)(=O)C(S(=O)(=O)C(C)(F)F)S(=O)(=O)C(C)(F)F. The molecule has 0 aliphatic carbocycles. The highest BCUT2D eigenvalue weighted by atomic mass is 32.3. The molecule has 0 aliphatic rings. The number of halogens is 6. The predicted octanol–water partition coefficient (Wildman–Crippen LogP) is 1.35. The van der Waals surface area contributed by atoms with E-state index in [1.807, 2.05) is 0 Å². The maximum absolute atomic E-state index is 13.0. The Hall–Kier alpha value is -0.570. The summed E-state index contributed by atoms with van der Waals surface area (Å²) in [6, 6.07) is 0. The van der Waals surface area contributed by atoms with Crippen molar-refractivity contribution in [3.8, 4) is 0 Å². The minimum Gasteiger partial charge on any atom is -0.220 e. The van der Waals surface area contributed by atoms with Crippen molar-refractivity contribution in [3.05, 3.63) is 0 Å². The molecular weight excluding hydrogens is 390 g/mol. The van der Waals surface area contributed by atoms with E-state index in [1.165, 1.54) is 0 Å². The molecule has 0 saturated carbocycles. The van der Waals surface area contributed by atoms with Gasteiger partial charge < -0.3 is 0 Å². The van der Waals surface area contributed by atoms with E-state index in [0.717, 1.165) is 0 Å². The Kier molecular flexibility index (Phi) is 5.09. The molecule has 0 aromatic rings. The van der Waals surface area contributed by atoms with E-state index in [-0.39, 0.29) is 0 Å². The van der Waals surface area contributed by atoms with Crippen LogP contribution in [-0.2, 0) is 29.5 Å². The largest absolute Gasteiger partial charge is 0.345 e. The zero-order valence-electron chi connectivity index (χ0n) is 11.0. The van der Waals surface area contributed by atoms with Gasteiger partial charge in [-0.2, -0.15) is 26.3 Å². The smallest absolute Gasteiger partial charge is 0.220 e. The lowest BCUT2D eigenvalue weighted by Crippen LogP contribution is -2.53. The van der Waals surface area contributed by atoms with Crippen LogP contribution in [0, 0.1) is 0 Å². The maximum Gasteiger partial charge on any atom is 0.345 e. The summed E-state index contributed by atoms with van der Waals surface area (Å²) in [5.74, 6) is 0. The summed E-state index contributed by atoms with van der Waals surface area (Å²) >= 11 is 0. The van der Waals surface area contributed by atoms with Crippen LogP contribution >= 0.6 is 0 Å². The van der Waals surface area contributed by atoms with Crippen molar-refractivity contribution in [3.63, 3.8) is 0 Å². The molecule has 0 aliphatic heterocycles. The van der Waals surface area contributed by atoms with Gasteiger partial charge in [-0.3, -0.25) is 0 Å². The zero-order chi connectivity index (χ0) is 18.6. The predicted molar refractivity (Wildman–Crippen MR) is 62.4 cm³/mol. The Balaban J connectivity index is 7.00. The molecular formula is C7H10F6O6S3. The molecule has 0 bridgehead atoms. The van der Waals surface area contributed by atoms with E-state index in [4.69, 9.17) is 0 Å². The van der Waals surface area contributed by atoms with Gasteiger partial charge in [0.15, 0.2) is 0 Å². The molecule has 0 radical (unpaired) electrons. The average molecular weight is 400 g/mol. The topological polar surface area (TPSA) is 102 Å². The lowest BCUT2D eigenvalue weighted by Gasteiger charge is -2.26. The van der Waals surface area contributed by atoms with Gasteiger partial charge in [-0.25, -0.2) is 25.3 Å². The van der Waals surface area contributed by atoms with Gasteiger partial charge in [-0.15, -0.1) is 0 Å². The van der Waals surface area contributed by atoms with Crippen molar-refractivity contribution < 1.29 is 51.6 Å². The number of alkyl halides is 6. The van der Waals surface area contributed by atoms with Crippen LogP contribution in [0.3, 0.4) is 0 Å². The molecule has 0 aromatic heterocycles. The number of rotatable bonds is 6. The molecule has 0 aromatic carbocycles. The maximum atomic E-state index is 13.0. The summed E-state index contributed by atoms with van der Waals surface area (Å²) in [6.07, 6.45) is 0. The second kappa shape index (κ2) is 5.22. The van der Waals surface area contributed by atoms with Crippen molar-refractivity contribution in [2.45, 2.75) is 40.4 Å². The molecule has 6 nitrogen and oxygen atoms in total. The summed E-state index contributed by atoms with van der Waals surface area (Å²) < 4.78 is 141. The highest BCUT2D eigenvalue weighted by Gasteiger charge is 2.67. The Labute approximate surface area is 122 Å². The van der Waals surface area contributed by atoms with Crippen LogP contribution in [-0.4, -0.2) is 44.9 Å². The fourth-order valence-electron chi connectivity index (χ4n) is 1.01. The van der Waals surface area contributed by atoms with Crippen LogP contribution < -0.4 is 0 Å². The Morgan fingerprint density at radius 3 is 0.773 bits per heavy atom. The van der Waals surface area contributed by atoms with E-state index >= 15 is 0 Å². The minimum atomic E-state index is -6.79. The molecule has 0 rings (SSSR count). The standard InChI is InChI=1S/C7H10F6O6S3/c1-5(8,9)20(14,15)4(21(16,17)6(2,10)11)22(18,19)7(3,12)13/h4H,1-3H3. The normalized spacial score (nSPS) is 16.1. The monoisotopic (exact) mass is 400 g/mol. The lowest BCUT2D eigenvalue weighted by molar-refractivity contribution is 0.106. The lowest BCUT2D eigenvalue weighted by atomic mass is 10.9. The van der Waals surface area contributed by atoms with Gasteiger partial charge in [-0.1, -0.05) is 0 Å². The summed E-state index contributed by atoms with van der Waals surface area (Å²) in [5.41, 5.74) is 0. The van der Waals surface area contributed by atoms with E-state index in [0.29, 0.717) is 0 Å². The third-order valence-electron chi connectivity index (χ3n) is 2.26. The fraction of sp³-hybridized carbons (Fsp3) is 1.00. The Morgan fingerprint density at radius 2 is 0.682 bits per heavy atom. The van der Waals surface area contributed by atoms with Crippen LogP contribution in [0.4, 0.5) is 26.3 Å². The van der Waals surface area contributed by atoms with Crippen molar-refractivity contribution in [1.29, 1.82) is 0 Å². The van der Waals surface area contributed by atoms with E-state index in [2.05, 4.69) is 0 Å². The Bertz CT molecular complexity index is 629. The molecule has 15 heteroatoms. The molecule has 0 heterocycles. The van der Waals surface area contributed by atoms with Crippen LogP contribution in [0.15, 0.2) is 0 Å². The zero-order valence-corrected chi connectivity index (χ0v) is 13.5. The van der Waals surface area contributed by atoms with Crippen molar-refractivity contribution >= 4 is 29.5 Å². The van der Waals surface area contributed by atoms with Gasteiger partial charge in [-0.05, 0) is 0 Å². The van der Waals surface area contributed by atoms with Gasteiger partial charge in [0, 0.05) is 20.8 Å². The molecule has 0 spiro atoms. The summed E-state index contributed by atoms with van der Waals surface area (Å²) in [4.78, 5) is 0.